The monoisotopic (exact) mass is 532 g/mol. The molecule has 224 valence electrons. The SMILES string of the molecule is CCCCCCCCCCCCCCCCC[n+]1ccn(CCCCCCCCCCCCCCCC)c1. The van der Waals surface area contributed by atoms with Crippen molar-refractivity contribution in [1.82, 2.24) is 4.57 Å². The predicted octanol–water partition coefficient (Wildman–Crippen LogP) is 12.1. The van der Waals surface area contributed by atoms with Gasteiger partial charge < -0.3 is 0 Å². The minimum Gasteiger partial charge on any atom is -0.237 e. The molecule has 2 nitrogen and oxygen atoms in total. The Bertz CT molecular complexity index is 563. The first-order chi connectivity index (χ1) is 18.9. The average molecular weight is 532 g/mol. The summed E-state index contributed by atoms with van der Waals surface area (Å²) in [6, 6.07) is 0. The predicted molar refractivity (Wildman–Crippen MR) is 170 cm³/mol. The summed E-state index contributed by atoms with van der Waals surface area (Å²) in [6.45, 7) is 7.00. The zero-order chi connectivity index (χ0) is 27.2. The van der Waals surface area contributed by atoms with Crippen molar-refractivity contribution in [3.05, 3.63) is 18.7 Å². The van der Waals surface area contributed by atoms with Crippen LogP contribution in [0.15, 0.2) is 18.7 Å². The molecular weight excluding hydrogens is 460 g/mol. The molecule has 0 spiro atoms. The highest BCUT2D eigenvalue weighted by atomic mass is 15.1. The molecule has 0 bridgehead atoms. The van der Waals surface area contributed by atoms with E-state index in [-0.39, 0.29) is 0 Å². The van der Waals surface area contributed by atoms with Gasteiger partial charge in [-0.15, -0.1) is 0 Å². The van der Waals surface area contributed by atoms with Crippen LogP contribution in [0, 0.1) is 0 Å². The van der Waals surface area contributed by atoms with Crippen LogP contribution >= 0.6 is 0 Å². The van der Waals surface area contributed by atoms with Gasteiger partial charge >= 0.3 is 0 Å². The van der Waals surface area contributed by atoms with E-state index in [1.165, 1.54) is 199 Å². The molecule has 0 saturated carbocycles. The van der Waals surface area contributed by atoms with Gasteiger partial charge in [0.25, 0.3) is 0 Å². The summed E-state index contributed by atoms with van der Waals surface area (Å²) in [5.41, 5.74) is 0. The normalized spacial score (nSPS) is 11.5. The van der Waals surface area contributed by atoms with Crippen molar-refractivity contribution in [2.24, 2.45) is 0 Å². The zero-order valence-corrected chi connectivity index (χ0v) is 26.5. The van der Waals surface area contributed by atoms with Crippen molar-refractivity contribution < 1.29 is 4.57 Å². The Hall–Kier alpha value is -0.790. The minimum absolute atomic E-state index is 1.20. The van der Waals surface area contributed by atoms with E-state index in [1.807, 2.05) is 0 Å². The van der Waals surface area contributed by atoms with E-state index in [0.29, 0.717) is 0 Å². The lowest BCUT2D eigenvalue weighted by atomic mass is 10.0. The molecule has 0 N–H and O–H groups in total. The zero-order valence-electron chi connectivity index (χ0n) is 26.5. The highest BCUT2D eigenvalue weighted by Crippen LogP contribution is 2.14. The van der Waals surface area contributed by atoms with Gasteiger partial charge in [-0.05, 0) is 25.7 Å². The van der Waals surface area contributed by atoms with Gasteiger partial charge in [0.15, 0.2) is 0 Å². The van der Waals surface area contributed by atoms with E-state index in [9.17, 15) is 0 Å². The molecule has 0 aromatic carbocycles. The molecule has 2 heteroatoms. The summed E-state index contributed by atoms with van der Waals surface area (Å²) in [4.78, 5) is 0. The van der Waals surface area contributed by atoms with E-state index in [1.54, 1.807) is 0 Å². The van der Waals surface area contributed by atoms with Crippen LogP contribution in [0.1, 0.15) is 200 Å². The third kappa shape index (κ3) is 24.3. The van der Waals surface area contributed by atoms with Crippen LogP contribution in [-0.4, -0.2) is 4.57 Å². The molecule has 0 aliphatic heterocycles. The third-order valence-corrected chi connectivity index (χ3v) is 8.54. The maximum Gasteiger partial charge on any atom is 0.243 e. The van der Waals surface area contributed by atoms with Gasteiger partial charge in [0.2, 0.25) is 6.33 Å². The molecule has 0 aliphatic carbocycles. The van der Waals surface area contributed by atoms with Gasteiger partial charge in [-0.1, -0.05) is 174 Å². The molecule has 1 aromatic heterocycles. The Morgan fingerprint density at radius 3 is 1.08 bits per heavy atom. The lowest BCUT2D eigenvalue weighted by molar-refractivity contribution is -0.696. The topological polar surface area (TPSA) is 8.81 Å². The number of nitrogens with zero attached hydrogens (tertiary/aromatic N) is 2. The highest BCUT2D eigenvalue weighted by molar-refractivity contribution is 4.66. The fourth-order valence-electron chi connectivity index (χ4n) is 5.86. The molecule has 0 atom stereocenters. The van der Waals surface area contributed by atoms with Crippen molar-refractivity contribution in [2.45, 2.75) is 213 Å². The van der Waals surface area contributed by atoms with E-state index >= 15 is 0 Å². The summed E-state index contributed by atoms with van der Waals surface area (Å²) in [7, 11) is 0. The molecule has 38 heavy (non-hydrogen) atoms. The van der Waals surface area contributed by atoms with E-state index in [0.717, 1.165) is 0 Å². The van der Waals surface area contributed by atoms with Gasteiger partial charge in [0.1, 0.15) is 12.4 Å². The largest absolute Gasteiger partial charge is 0.243 e. The summed E-state index contributed by atoms with van der Waals surface area (Å²) < 4.78 is 4.82. The standard InChI is InChI=1S/C36H71N2/c1-3-5-7-9-11-13-15-17-19-21-23-25-27-29-31-33-38-35-34-37(36-38)32-30-28-26-24-22-20-18-16-14-12-10-8-6-4-2/h34-36H,3-33H2,1-2H3/q+1. The fraction of sp³-hybridized carbons (Fsp3) is 0.917. The number of imidazole rings is 1. The molecule has 0 aliphatic rings. The second kappa shape index (κ2) is 29.2. The van der Waals surface area contributed by atoms with Crippen molar-refractivity contribution in [1.29, 1.82) is 0 Å². The first-order valence-corrected chi connectivity index (χ1v) is 17.9. The van der Waals surface area contributed by atoms with Crippen molar-refractivity contribution in [3.8, 4) is 0 Å². The summed E-state index contributed by atoms with van der Waals surface area (Å²) in [5.74, 6) is 0. The van der Waals surface area contributed by atoms with Gasteiger partial charge in [-0.25, -0.2) is 9.13 Å². The molecule has 1 rings (SSSR count). The molecule has 0 fully saturated rings. The molecule has 0 radical (unpaired) electrons. The molecule has 1 heterocycles. The fourth-order valence-corrected chi connectivity index (χ4v) is 5.86. The maximum atomic E-state index is 2.41. The third-order valence-electron chi connectivity index (χ3n) is 8.54. The van der Waals surface area contributed by atoms with Crippen molar-refractivity contribution >= 4 is 0 Å². The number of hydrogen-bond donors (Lipinski definition) is 0. The Morgan fingerprint density at radius 1 is 0.395 bits per heavy atom. The minimum atomic E-state index is 1.20. The lowest BCUT2D eigenvalue weighted by Gasteiger charge is -2.03. The Kier molecular flexibility index (Phi) is 27.1. The van der Waals surface area contributed by atoms with E-state index < -0.39 is 0 Å². The summed E-state index contributed by atoms with van der Waals surface area (Å²) in [5, 5.41) is 0. The van der Waals surface area contributed by atoms with Crippen LogP contribution in [-0.2, 0) is 13.1 Å². The van der Waals surface area contributed by atoms with Gasteiger partial charge in [0.05, 0.1) is 13.1 Å². The number of hydrogen-bond acceptors (Lipinski definition) is 0. The van der Waals surface area contributed by atoms with Crippen LogP contribution in [0.5, 0.6) is 0 Å². The number of unbranched alkanes of at least 4 members (excludes halogenated alkanes) is 27. The molecule has 0 amide bonds. The van der Waals surface area contributed by atoms with Crippen LogP contribution in [0.4, 0.5) is 0 Å². The van der Waals surface area contributed by atoms with Gasteiger partial charge in [0, 0.05) is 0 Å². The van der Waals surface area contributed by atoms with Gasteiger partial charge in [-0.3, -0.25) is 0 Å². The van der Waals surface area contributed by atoms with Crippen LogP contribution < -0.4 is 4.57 Å². The van der Waals surface area contributed by atoms with Crippen LogP contribution in [0.3, 0.4) is 0 Å². The molecule has 1 aromatic rings. The van der Waals surface area contributed by atoms with Crippen LogP contribution in [0.25, 0.3) is 0 Å². The number of aryl methyl sites for hydroxylation is 2. The second-order valence-corrected chi connectivity index (χ2v) is 12.4. The average Bonchev–Trinajstić information content (AvgIpc) is 3.38. The van der Waals surface area contributed by atoms with Crippen molar-refractivity contribution in [2.75, 3.05) is 0 Å². The summed E-state index contributed by atoms with van der Waals surface area (Å²) >= 11 is 0. The van der Waals surface area contributed by atoms with Crippen molar-refractivity contribution in [3.63, 3.8) is 0 Å². The molecule has 0 unspecified atom stereocenters. The first-order valence-electron chi connectivity index (χ1n) is 17.9. The molecule has 0 saturated heterocycles. The second-order valence-electron chi connectivity index (χ2n) is 12.4. The Labute approximate surface area is 240 Å². The van der Waals surface area contributed by atoms with Gasteiger partial charge in [-0.2, -0.15) is 0 Å². The quantitative estimate of drug-likeness (QED) is 0.0665. The summed E-state index contributed by atoms with van der Waals surface area (Å²) in [6.07, 6.45) is 48.7. The Morgan fingerprint density at radius 2 is 0.711 bits per heavy atom. The van der Waals surface area contributed by atoms with E-state index in [2.05, 4.69) is 41.7 Å². The highest BCUT2D eigenvalue weighted by Gasteiger charge is 2.04. The smallest absolute Gasteiger partial charge is 0.237 e. The first kappa shape index (κ1) is 35.2. The Balaban J connectivity index is 1.80. The number of aromatic nitrogens is 2. The lowest BCUT2D eigenvalue weighted by Crippen LogP contribution is -2.30. The maximum absolute atomic E-state index is 2.41. The van der Waals surface area contributed by atoms with E-state index in [4.69, 9.17) is 0 Å². The van der Waals surface area contributed by atoms with Crippen LogP contribution in [0.2, 0.25) is 0 Å². The number of rotatable bonds is 31. The molecular formula is C36H71N2+.